The Kier molecular flexibility index (Phi) is 4.76. The number of carbonyl (C=O) groups is 1. The van der Waals surface area contributed by atoms with E-state index in [1.54, 1.807) is 24.3 Å². The molecule has 0 fully saturated rings. The van der Waals surface area contributed by atoms with Gasteiger partial charge in [-0.25, -0.2) is 8.42 Å². The van der Waals surface area contributed by atoms with Crippen LogP contribution in [0.2, 0.25) is 0 Å². The van der Waals surface area contributed by atoms with E-state index in [2.05, 4.69) is 0 Å². The number of rotatable bonds is 4. The number of sulfone groups is 1. The first-order valence-corrected chi connectivity index (χ1v) is 7.52. The maximum Gasteiger partial charge on any atom is 0.223 e. The van der Waals surface area contributed by atoms with E-state index >= 15 is 0 Å². The summed E-state index contributed by atoms with van der Waals surface area (Å²) in [4.78, 5) is 11.5. The maximum absolute atomic E-state index is 11.5. The normalized spacial score (nSPS) is 11.8. The Labute approximate surface area is 99.5 Å². The van der Waals surface area contributed by atoms with Crippen molar-refractivity contribution in [3.63, 3.8) is 0 Å². The molecule has 5 heteroatoms. The fraction of sp³-hybridized carbons (Fsp3) is 0.182. The van der Waals surface area contributed by atoms with Crippen LogP contribution in [0.3, 0.4) is 0 Å². The van der Waals surface area contributed by atoms with Crippen molar-refractivity contribution in [1.29, 1.82) is 0 Å². The molecule has 0 saturated carbocycles. The average molecular weight is 256 g/mol. The third-order valence-corrected chi connectivity index (χ3v) is 3.26. The minimum absolute atomic E-state index is 0.0396. The lowest BCUT2D eigenvalue weighted by Gasteiger charge is -1.95. The predicted molar refractivity (Wildman–Crippen MR) is 67.2 cm³/mol. The molecule has 0 unspecified atom stereocenters. The second-order valence-electron chi connectivity index (χ2n) is 3.24. The molecule has 86 valence electrons. The maximum atomic E-state index is 11.5. The van der Waals surface area contributed by atoms with Crippen molar-refractivity contribution in [3.05, 3.63) is 47.4 Å². The lowest BCUT2D eigenvalue weighted by Crippen LogP contribution is -1.99. The average Bonchev–Trinajstić information content (AvgIpc) is 2.24. The van der Waals surface area contributed by atoms with E-state index in [9.17, 15) is 13.2 Å². The van der Waals surface area contributed by atoms with Crippen LogP contribution in [0.15, 0.2) is 41.8 Å². The number of hydrogen-bond donors (Lipinski definition) is 0. The van der Waals surface area contributed by atoms with E-state index < -0.39 is 9.84 Å². The molecule has 0 radical (unpaired) electrons. The first-order chi connectivity index (χ1) is 7.49. The van der Waals surface area contributed by atoms with Crippen molar-refractivity contribution in [1.82, 2.24) is 0 Å². The molecule has 0 amide bonds. The summed E-state index contributed by atoms with van der Waals surface area (Å²) >= 11 is 0.986. The molecular weight excluding hydrogens is 244 g/mol. The van der Waals surface area contributed by atoms with Gasteiger partial charge in [-0.3, -0.25) is 4.79 Å². The van der Waals surface area contributed by atoms with E-state index in [0.717, 1.165) is 18.0 Å². The van der Waals surface area contributed by atoms with Gasteiger partial charge in [0.1, 0.15) is 0 Å². The zero-order chi connectivity index (χ0) is 12.0. The second-order valence-corrected chi connectivity index (χ2v) is 6.30. The standard InChI is InChI=1S/C11H12O3S2/c1-16(13,14)9-5-8-15-11(12)10-6-3-2-4-7-10/h2-8H,9H2,1H3/b8-5-. The summed E-state index contributed by atoms with van der Waals surface area (Å²) in [5.41, 5.74) is 0.608. The van der Waals surface area contributed by atoms with Gasteiger partial charge < -0.3 is 0 Å². The summed E-state index contributed by atoms with van der Waals surface area (Å²) in [6.07, 6.45) is 2.63. The number of thioether (sulfide) groups is 1. The van der Waals surface area contributed by atoms with Crippen molar-refractivity contribution in [2.24, 2.45) is 0 Å². The van der Waals surface area contributed by atoms with E-state index in [4.69, 9.17) is 0 Å². The van der Waals surface area contributed by atoms with Crippen molar-refractivity contribution in [2.45, 2.75) is 0 Å². The topological polar surface area (TPSA) is 51.2 Å². The van der Waals surface area contributed by atoms with Crippen LogP contribution in [-0.2, 0) is 9.84 Å². The minimum Gasteiger partial charge on any atom is -0.281 e. The van der Waals surface area contributed by atoms with Gasteiger partial charge in [-0.2, -0.15) is 0 Å². The lowest BCUT2D eigenvalue weighted by atomic mass is 10.2. The van der Waals surface area contributed by atoms with Crippen molar-refractivity contribution in [2.75, 3.05) is 12.0 Å². The molecule has 3 nitrogen and oxygen atoms in total. The van der Waals surface area contributed by atoms with Crippen LogP contribution in [0.5, 0.6) is 0 Å². The molecule has 0 saturated heterocycles. The van der Waals surface area contributed by atoms with Gasteiger partial charge in [-0.15, -0.1) is 0 Å². The predicted octanol–water partition coefficient (Wildman–Crippen LogP) is 2.12. The highest BCUT2D eigenvalue weighted by Gasteiger charge is 2.03. The monoisotopic (exact) mass is 256 g/mol. The SMILES string of the molecule is CS(=O)(=O)C/C=C\SC(=O)c1ccccc1. The Hall–Kier alpha value is -1.07. The molecule has 0 spiro atoms. The van der Waals surface area contributed by atoms with Gasteiger partial charge in [0, 0.05) is 11.8 Å². The molecule has 0 heterocycles. The van der Waals surface area contributed by atoms with Crippen molar-refractivity contribution >= 4 is 26.7 Å². The molecule has 0 aliphatic carbocycles. The Morgan fingerprint density at radius 3 is 2.50 bits per heavy atom. The van der Waals surface area contributed by atoms with Crippen LogP contribution < -0.4 is 0 Å². The Bertz CT molecular complexity index is 475. The highest BCUT2D eigenvalue weighted by atomic mass is 32.2. The van der Waals surface area contributed by atoms with E-state index in [1.807, 2.05) is 6.07 Å². The minimum atomic E-state index is -3.00. The van der Waals surface area contributed by atoms with Gasteiger partial charge in [-0.1, -0.05) is 48.2 Å². The fourth-order valence-corrected chi connectivity index (χ4v) is 2.12. The number of benzene rings is 1. The molecule has 0 aliphatic heterocycles. The molecule has 1 aromatic rings. The van der Waals surface area contributed by atoms with Crippen LogP contribution in [0, 0.1) is 0 Å². The highest BCUT2D eigenvalue weighted by molar-refractivity contribution is 8.16. The summed E-state index contributed by atoms with van der Waals surface area (Å²) in [5, 5.41) is 1.42. The molecule has 0 bridgehead atoms. The summed E-state index contributed by atoms with van der Waals surface area (Å²) in [6, 6.07) is 8.85. The molecular formula is C11H12O3S2. The summed E-state index contributed by atoms with van der Waals surface area (Å²) in [7, 11) is -3.00. The van der Waals surface area contributed by atoms with E-state index in [0.29, 0.717) is 5.56 Å². The zero-order valence-corrected chi connectivity index (χ0v) is 10.4. The number of hydrogen-bond acceptors (Lipinski definition) is 4. The van der Waals surface area contributed by atoms with Crippen LogP contribution in [-0.4, -0.2) is 25.5 Å². The lowest BCUT2D eigenvalue weighted by molar-refractivity contribution is 0.109. The zero-order valence-electron chi connectivity index (χ0n) is 8.79. The molecule has 1 aromatic carbocycles. The third-order valence-electron chi connectivity index (χ3n) is 1.68. The molecule has 0 aromatic heterocycles. The van der Waals surface area contributed by atoms with Crippen LogP contribution in [0.25, 0.3) is 0 Å². The van der Waals surface area contributed by atoms with Gasteiger partial charge in [0.15, 0.2) is 9.84 Å². The smallest absolute Gasteiger partial charge is 0.223 e. The Morgan fingerprint density at radius 2 is 1.94 bits per heavy atom. The first kappa shape index (κ1) is 13.0. The summed E-state index contributed by atoms with van der Waals surface area (Å²) in [5.74, 6) is -0.0396. The molecule has 16 heavy (non-hydrogen) atoms. The van der Waals surface area contributed by atoms with Gasteiger partial charge in [0.05, 0.1) is 5.75 Å². The van der Waals surface area contributed by atoms with Crippen molar-refractivity contribution < 1.29 is 13.2 Å². The molecule has 0 aliphatic rings. The fourth-order valence-electron chi connectivity index (χ4n) is 0.966. The molecule has 0 N–H and O–H groups in total. The first-order valence-electron chi connectivity index (χ1n) is 4.58. The van der Waals surface area contributed by atoms with Crippen LogP contribution in [0.4, 0.5) is 0 Å². The Morgan fingerprint density at radius 1 is 1.31 bits per heavy atom. The summed E-state index contributed by atoms with van der Waals surface area (Å²) < 4.78 is 21.6. The van der Waals surface area contributed by atoms with Gasteiger partial charge in [0.25, 0.3) is 0 Å². The van der Waals surface area contributed by atoms with E-state index in [-0.39, 0.29) is 10.9 Å². The van der Waals surface area contributed by atoms with Crippen LogP contribution >= 0.6 is 11.8 Å². The van der Waals surface area contributed by atoms with Gasteiger partial charge in [-0.05, 0) is 5.41 Å². The Balaban J connectivity index is 2.48. The van der Waals surface area contributed by atoms with Gasteiger partial charge in [0.2, 0.25) is 5.12 Å². The number of carbonyl (C=O) groups excluding carboxylic acids is 1. The largest absolute Gasteiger partial charge is 0.281 e. The van der Waals surface area contributed by atoms with Crippen LogP contribution in [0.1, 0.15) is 10.4 Å². The van der Waals surface area contributed by atoms with E-state index in [1.165, 1.54) is 11.5 Å². The highest BCUT2D eigenvalue weighted by Crippen LogP contribution is 2.12. The quantitative estimate of drug-likeness (QED) is 0.828. The molecule has 1 rings (SSSR count). The van der Waals surface area contributed by atoms with Gasteiger partial charge >= 0.3 is 0 Å². The summed E-state index contributed by atoms with van der Waals surface area (Å²) in [6.45, 7) is 0. The third kappa shape index (κ3) is 5.14. The molecule has 0 atom stereocenters. The van der Waals surface area contributed by atoms with Crippen molar-refractivity contribution in [3.8, 4) is 0 Å². The second kappa shape index (κ2) is 5.86.